The van der Waals surface area contributed by atoms with Crippen molar-refractivity contribution in [1.29, 1.82) is 0 Å². The number of hydrazone groups is 1. The summed E-state index contributed by atoms with van der Waals surface area (Å²) in [5.41, 5.74) is 5.69. The molecule has 1 unspecified atom stereocenters. The summed E-state index contributed by atoms with van der Waals surface area (Å²) in [5.74, 6) is 6.82. The molecule has 1 aliphatic rings. The van der Waals surface area contributed by atoms with Crippen LogP contribution < -0.4 is 31.3 Å². The highest BCUT2D eigenvalue weighted by Crippen LogP contribution is 2.27. The highest BCUT2D eigenvalue weighted by Gasteiger charge is 2.33. The van der Waals surface area contributed by atoms with Crippen molar-refractivity contribution < 1.29 is 47.6 Å². The summed E-state index contributed by atoms with van der Waals surface area (Å²) >= 11 is 7.40. The van der Waals surface area contributed by atoms with Crippen LogP contribution in [-0.2, 0) is 64.6 Å². The van der Waals surface area contributed by atoms with Crippen LogP contribution in [0.5, 0.6) is 11.5 Å². The van der Waals surface area contributed by atoms with Gasteiger partial charge in [0.1, 0.15) is 24.1 Å². The van der Waals surface area contributed by atoms with Gasteiger partial charge in [0.15, 0.2) is 5.13 Å². The van der Waals surface area contributed by atoms with Crippen molar-refractivity contribution in [2.75, 3.05) is 151 Å². The molecule has 2 aromatic heterocycles. The van der Waals surface area contributed by atoms with Crippen molar-refractivity contribution in [3.63, 3.8) is 0 Å². The number of nitrogens with two attached hydrogens (primary N) is 1. The van der Waals surface area contributed by atoms with Crippen LogP contribution in [0, 0.1) is 6.92 Å². The lowest BCUT2D eigenvalue weighted by Gasteiger charge is -2.32. The lowest BCUT2D eigenvalue weighted by molar-refractivity contribution is -0.141. The van der Waals surface area contributed by atoms with E-state index < -0.39 is 6.04 Å². The standard InChI is InChI=1S/C51H74ClN9O8.C11H16N4O2S/c1-40-48(39-60(4)58-40)50(51(63)56-37-42-9-14-43(52)15-10-42)61(26-8-28-64-5)49(62)22-13-41-11-18-46(19-12-41)68-29-7-6-25-59(3)27-32-67-34-33-65-30-23-45(57-53)38-55-24-31-66-35-36-69-47-20-16-44(54-2)17-21-47;1-14-2-4-15(5-3-14)10(17)6-9-7-18-11(13-9)12-8-16/h9-12,14-21,38-39,50,54H,6-8,13,22-37,53H2,1-5H3,(H,56,63);7-8H,2-6H2,1H3,(H,12,13,16)/b55-38?,57-45-;. The number of carbonyl (C=O) groups is 4. The van der Waals surface area contributed by atoms with Gasteiger partial charge < -0.3 is 69.8 Å². The fourth-order valence-electron chi connectivity index (χ4n) is 8.97. The number of hydrogen-bond acceptors (Lipinski definition) is 19. The molecule has 87 heavy (non-hydrogen) atoms. The number of aliphatic imine (C=N–C) groups is 1. The number of amides is 4. The second-order valence-corrected chi connectivity index (χ2v) is 22.0. The number of piperazine rings is 1. The highest BCUT2D eigenvalue weighted by molar-refractivity contribution is 7.13. The summed E-state index contributed by atoms with van der Waals surface area (Å²) in [4.78, 5) is 66.7. The lowest BCUT2D eigenvalue weighted by atomic mass is 10.0. The summed E-state index contributed by atoms with van der Waals surface area (Å²) < 4.78 is 35.7. The summed E-state index contributed by atoms with van der Waals surface area (Å²) in [7, 11) is 9.45. The Morgan fingerprint density at radius 1 is 0.805 bits per heavy atom. The van der Waals surface area contributed by atoms with Crippen LogP contribution in [0.3, 0.4) is 0 Å². The number of likely N-dealkylation sites (N-methyl/N-ethyl adjacent to an activating group) is 2. The molecule has 0 radical (unpaired) electrons. The first-order valence-electron chi connectivity index (χ1n) is 29.5. The van der Waals surface area contributed by atoms with Gasteiger partial charge in [0, 0.05) is 121 Å². The van der Waals surface area contributed by atoms with Gasteiger partial charge in [0.05, 0.1) is 76.3 Å². The first kappa shape index (κ1) is 70.7. The Morgan fingerprint density at radius 3 is 2.16 bits per heavy atom. The summed E-state index contributed by atoms with van der Waals surface area (Å²) in [6, 6.07) is 22.1. The Bertz CT molecular complexity index is 2820. The maximum atomic E-state index is 14.0. The molecule has 25 heteroatoms. The summed E-state index contributed by atoms with van der Waals surface area (Å²) in [6.07, 6.45) is 8.14. The summed E-state index contributed by atoms with van der Waals surface area (Å²) in [6.45, 7) is 12.7. The molecule has 3 aromatic carbocycles. The van der Waals surface area contributed by atoms with Crippen molar-refractivity contribution in [2.45, 2.75) is 64.5 Å². The third-order valence-corrected chi connectivity index (χ3v) is 15.0. The predicted octanol–water partition coefficient (Wildman–Crippen LogP) is 6.30. The van der Waals surface area contributed by atoms with Gasteiger partial charge in [-0.25, -0.2) is 4.98 Å². The third-order valence-electron chi connectivity index (χ3n) is 13.9. The van der Waals surface area contributed by atoms with E-state index in [4.69, 9.17) is 45.9 Å². The second kappa shape index (κ2) is 41.2. The molecule has 5 N–H and O–H groups in total. The van der Waals surface area contributed by atoms with E-state index >= 15 is 0 Å². The monoisotopic (exact) mass is 1240 g/mol. The van der Waals surface area contributed by atoms with Gasteiger partial charge in [-0.3, -0.25) is 28.9 Å². The zero-order valence-electron chi connectivity index (χ0n) is 51.5. The largest absolute Gasteiger partial charge is 0.494 e. The molecule has 1 atom stereocenters. The summed E-state index contributed by atoms with van der Waals surface area (Å²) in [5, 5.41) is 19.9. The van der Waals surface area contributed by atoms with Gasteiger partial charge >= 0.3 is 0 Å². The maximum Gasteiger partial charge on any atom is 0.247 e. The molecule has 0 bridgehead atoms. The number of hydrogen-bond donors (Lipinski definition) is 4. The Hall–Kier alpha value is -7.03. The molecule has 6 rings (SSSR count). The normalized spacial score (nSPS) is 13.1. The van der Waals surface area contributed by atoms with Crippen molar-refractivity contribution in [2.24, 2.45) is 23.0 Å². The van der Waals surface area contributed by atoms with Crippen LogP contribution in [0.2, 0.25) is 5.02 Å². The number of unbranched alkanes of at least 4 members (excludes halogenated alkanes) is 1. The van der Waals surface area contributed by atoms with Crippen LogP contribution >= 0.6 is 22.9 Å². The Kier molecular flexibility index (Phi) is 33.5. The van der Waals surface area contributed by atoms with E-state index in [1.54, 1.807) is 40.4 Å². The molecular formula is C62H90ClN13O10S. The molecule has 1 saturated heterocycles. The SMILES string of the molecule is CN1CCN(C(=O)Cc2csc(NC=O)n2)CC1.CNc1ccc(OCCOCCN=C/C(CCOCCOCCN(C)CCCCOc2ccc(CCC(=O)N(CCCOC)C(C(=O)NCc3ccc(Cl)cc3)c3cn(C)nc3C)cc2)=N\N)cc1. The zero-order valence-corrected chi connectivity index (χ0v) is 53.0. The molecule has 4 amide bonds. The van der Waals surface area contributed by atoms with Crippen LogP contribution in [-0.4, -0.2) is 210 Å². The van der Waals surface area contributed by atoms with E-state index in [1.165, 1.54) is 11.3 Å². The molecule has 3 heterocycles. The van der Waals surface area contributed by atoms with Gasteiger partial charge in [0.2, 0.25) is 24.1 Å². The fraction of sp³-hybridized carbons (Fsp3) is 0.516. The fourth-order valence-corrected chi connectivity index (χ4v) is 9.77. The number of nitrogens with one attached hydrogen (secondary N) is 3. The molecule has 1 fully saturated rings. The minimum absolute atomic E-state index is 0.103. The zero-order chi connectivity index (χ0) is 62.4. The van der Waals surface area contributed by atoms with E-state index in [1.807, 2.05) is 92.8 Å². The number of ether oxygens (including phenoxy) is 6. The number of thiazole rings is 1. The number of halogens is 1. The average Bonchev–Trinajstić information content (AvgIpc) is 2.91. The number of aromatic nitrogens is 3. The van der Waals surface area contributed by atoms with E-state index in [2.05, 4.69) is 60.0 Å². The molecular weight excluding hydrogens is 1150 g/mol. The Labute approximate surface area is 521 Å². The van der Waals surface area contributed by atoms with Gasteiger partial charge in [-0.05, 0) is 113 Å². The second-order valence-electron chi connectivity index (χ2n) is 20.7. The van der Waals surface area contributed by atoms with Gasteiger partial charge in [-0.2, -0.15) is 10.2 Å². The van der Waals surface area contributed by atoms with E-state index in [0.717, 1.165) is 80.4 Å². The van der Waals surface area contributed by atoms with E-state index in [-0.39, 0.29) is 24.1 Å². The lowest BCUT2D eigenvalue weighted by Crippen LogP contribution is -2.47. The number of anilines is 2. The van der Waals surface area contributed by atoms with E-state index in [9.17, 15) is 19.2 Å². The van der Waals surface area contributed by atoms with Crippen LogP contribution in [0.4, 0.5) is 10.8 Å². The number of methoxy groups -OCH3 is 1. The Balaban J connectivity index is 0.000000648. The quantitative estimate of drug-likeness (QED) is 0.0110. The molecule has 0 spiro atoms. The molecule has 476 valence electrons. The minimum Gasteiger partial charge on any atom is -0.494 e. The maximum absolute atomic E-state index is 14.0. The Morgan fingerprint density at radius 2 is 1.48 bits per heavy atom. The third kappa shape index (κ3) is 27.7. The van der Waals surface area contributed by atoms with Crippen LogP contribution in [0.1, 0.15) is 66.2 Å². The highest BCUT2D eigenvalue weighted by atomic mass is 35.5. The van der Waals surface area contributed by atoms with Crippen molar-refractivity contribution in [3.8, 4) is 11.5 Å². The smallest absolute Gasteiger partial charge is 0.247 e. The van der Waals surface area contributed by atoms with Gasteiger partial charge in [-0.15, -0.1) is 11.3 Å². The number of nitrogens with zero attached hydrogens (tertiary/aromatic N) is 9. The van der Waals surface area contributed by atoms with Crippen LogP contribution in [0.25, 0.3) is 0 Å². The first-order chi connectivity index (χ1) is 42.3. The van der Waals surface area contributed by atoms with E-state index in [0.29, 0.717) is 144 Å². The van der Waals surface area contributed by atoms with Crippen LogP contribution in [0.15, 0.2) is 94.5 Å². The van der Waals surface area contributed by atoms with Crippen molar-refractivity contribution in [1.82, 2.24) is 39.7 Å². The number of rotatable bonds is 40. The molecule has 23 nitrogen and oxygen atoms in total. The minimum atomic E-state index is -0.857. The number of carbonyl (C=O) groups excluding carboxylic acids is 4. The number of aryl methyl sites for hydroxylation is 3. The topological polar surface area (TPSA) is 254 Å². The molecule has 5 aromatic rings. The van der Waals surface area contributed by atoms with Gasteiger partial charge in [-0.1, -0.05) is 35.9 Å². The number of benzene rings is 3. The molecule has 0 aliphatic carbocycles. The average molecular weight is 1250 g/mol. The van der Waals surface area contributed by atoms with Crippen molar-refractivity contribution in [3.05, 3.63) is 117 Å². The molecule has 0 saturated carbocycles. The first-order valence-corrected chi connectivity index (χ1v) is 30.8. The molecule has 1 aliphatic heterocycles. The van der Waals surface area contributed by atoms with Gasteiger partial charge in [0.25, 0.3) is 0 Å². The predicted molar refractivity (Wildman–Crippen MR) is 342 cm³/mol. The van der Waals surface area contributed by atoms with Crippen molar-refractivity contribution >= 4 is 69.8 Å².